The summed E-state index contributed by atoms with van der Waals surface area (Å²) in [4.78, 5) is 0. The lowest BCUT2D eigenvalue weighted by molar-refractivity contribution is -0.0424. The number of alkyl halides is 6. The minimum Gasteiger partial charge on any atom is -0.241 e. The van der Waals surface area contributed by atoms with Crippen LogP contribution in [0.5, 0.6) is 0 Å². The van der Waals surface area contributed by atoms with Gasteiger partial charge >= 0.3 is 0 Å². The molecule has 2 unspecified atom stereocenters. The van der Waals surface area contributed by atoms with Gasteiger partial charge in [-0.1, -0.05) is 13.8 Å². The van der Waals surface area contributed by atoms with E-state index in [1.165, 1.54) is 0 Å². The first kappa shape index (κ1) is 14.8. The molecule has 92 valence electrons. The van der Waals surface area contributed by atoms with Crippen LogP contribution in [0.3, 0.4) is 0 Å². The monoisotopic (exact) mass is 252 g/mol. The van der Waals surface area contributed by atoms with Gasteiger partial charge in [-0.15, -0.1) is 0 Å². The molecular weight excluding hydrogens is 238 g/mol. The molecule has 0 bridgehead atoms. The van der Waals surface area contributed by atoms with E-state index in [-0.39, 0.29) is 0 Å². The van der Waals surface area contributed by atoms with Crippen molar-refractivity contribution in [1.82, 2.24) is 0 Å². The van der Waals surface area contributed by atoms with Gasteiger partial charge in [-0.25, -0.2) is 26.3 Å². The quantitative estimate of drug-likeness (QED) is 0.503. The molecule has 7 heteroatoms. The molecule has 0 aliphatic rings. The summed E-state index contributed by atoms with van der Waals surface area (Å²) in [6.07, 6.45) is -6.28. The van der Waals surface area contributed by atoms with Crippen LogP contribution in [0.25, 0.3) is 0 Å². The van der Waals surface area contributed by atoms with Crippen molar-refractivity contribution in [1.29, 1.82) is 0 Å². The fraction of sp³-hybridized carbons (Fsp3) is 1.00. The van der Waals surface area contributed by atoms with Gasteiger partial charge in [-0.3, -0.25) is 0 Å². The van der Waals surface area contributed by atoms with E-state index >= 15 is 0 Å². The molecule has 0 rings (SSSR count). The van der Waals surface area contributed by atoms with Gasteiger partial charge in [0.2, 0.25) is 0 Å². The lowest BCUT2D eigenvalue weighted by Gasteiger charge is -2.26. The fourth-order valence-electron chi connectivity index (χ4n) is 1.13. The molecular formula is C8H14F6Si. The Labute approximate surface area is 86.9 Å². The molecule has 0 saturated carbocycles. The first-order valence-electron chi connectivity index (χ1n) is 4.71. The van der Waals surface area contributed by atoms with E-state index in [2.05, 4.69) is 0 Å². The van der Waals surface area contributed by atoms with Crippen LogP contribution >= 0.6 is 0 Å². The molecule has 0 aromatic rings. The smallest absolute Gasteiger partial charge is 0.241 e. The van der Waals surface area contributed by atoms with Gasteiger partial charge in [0.25, 0.3) is 11.1 Å². The summed E-state index contributed by atoms with van der Waals surface area (Å²) in [6.45, 7) is 2.27. The maximum absolute atomic E-state index is 12.8. The minimum atomic E-state index is -4.04. The molecule has 0 aromatic heterocycles. The Morgan fingerprint density at radius 1 is 0.867 bits per heavy atom. The van der Waals surface area contributed by atoms with Crippen LogP contribution in [-0.2, 0) is 0 Å². The summed E-state index contributed by atoms with van der Waals surface area (Å²) in [7, 11) is -3.47. The van der Waals surface area contributed by atoms with Crippen molar-refractivity contribution in [2.45, 2.75) is 50.1 Å². The average molecular weight is 252 g/mol. The molecule has 0 fully saturated rings. The molecule has 0 aromatic carbocycles. The van der Waals surface area contributed by atoms with Gasteiger partial charge in [0.15, 0.2) is 21.9 Å². The topological polar surface area (TPSA) is 0 Å². The van der Waals surface area contributed by atoms with Crippen molar-refractivity contribution >= 4 is 9.52 Å². The highest BCUT2D eigenvalue weighted by molar-refractivity contribution is 6.42. The van der Waals surface area contributed by atoms with Gasteiger partial charge in [0.05, 0.1) is 0 Å². The van der Waals surface area contributed by atoms with Crippen LogP contribution in [0.4, 0.5) is 26.3 Å². The highest BCUT2D eigenvalue weighted by Crippen LogP contribution is 2.32. The summed E-state index contributed by atoms with van der Waals surface area (Å²) in [5, 5.41) is 0. The van der Waals surface area contributed by atoms with E-state index in [9.17, 15) is 26.3 Å². The summed E-state index contributed by atoms with van der Waals surface area (Å²) >= 11 is 0. The number of halogens is 6. The van der Waals surface area contributed by atoms with E-state index in [0.717, 1.165) is 13.8 Å². The third-order valence-corrected chi connectivity index (χ3v) is 3.93. The summed E-state index contributed by atoms with van der Waals surface area (Å²) < 4.78 is 76.7. The maximum Gasteiger partial charge on any atom is 0.260 e. The van der Waals surface area contributed by atoms with E-state index in [4.69, 9.17) is 0 Å². The number of hydrogen-bond donors (Lipinski definition) is 0. The lowest BCUT2D eigenvalue weighted by Crippen LogP contribution is -2.50. The summed E-state index contributed by atoms with van der Waals surface area (Å²) in [5.41, 5.74) is -8.09. The van der Waals surface area contributed by atoms with Gasteiger partial charge in [-0.05, 0) is 12.8 Å². The van der Waals surface area contributed by atoms with Gasteiger partial charge in [0.1, 0.15) is 0 Å². The predicted molar refractivity (Wildman–Crippen MR) is 48.8 cm³/mol. The van der Waals surface area contributed by atoms with Gasteiger partial charge in [-0.2, -0.15) is 0 Å². The normalized spacial score (nSPS) is 18.4. The number of rotatable bonds is 6. The molecule has 0 heterocycles. The van der Waals surface area contributed by atoms with Crippen LogP contribution in [0.1, 0.15) is 26.7 Å². The standard InChI is InChI=1S/C8H14F6Si/c1-3-5(9)7(11,12)15-8(13,14)6(10)4-2/h5-6H,3-4,15H2,1-2H3. The molecule has 0 spiro atoms. The Hall–Kier alpha value is -0.203. The Bertz CT molecular complexity index is 176. The molecule has 15 heavy (non-hydrogen) atoms. The SMILES string of the molecule is CCC(F)C(F)(F)[SiH2]C(F)(F)C(F)CC. The van der Waals surface area contributed by atoms with Gasteiger partial charge < -0.3 is 0 Å². The first-order valence-corrected chi connectivity index (χ1v) is 6.12. The molecule has 0 aliphatic heterocycles. The average Bonchev–Trinajstić information content (AvgIpc) is 2.13. The third-order valence-electron chi connectivity index (χ3n) is 2.10. The van der Waals surface area contributed by atoms with E-state index in [0.29, 0.717) is 0 Å². The second-order valence-corrected chi connectivity index (χ2v) is 5.69. The minimum absolute atomic E-state index is 0.543. The van der Waals surface area contributed by atoms with Crippen molar-refractivity contribution in [2.75, 3.05) is 0 Å². The van der Waals surface area contributed by atoms with Crippen molar-refractivity contribution in [2.24, 2.45) is 0 Å². The second kappa shape index (κ2) is 5.22. The predicted octanol–water partition coefficient (Wildman–Crippen LogP) is 2.84. The van der Waals surface area contributed by atoms with E-state index < -0.39 is 45.8 Å². The molecule has 0 N–H and O–H groups in total. The molecule has 0 amide bonds. The first-order chi connectivity index (χ1) is 6.67. The Morgan fingerprint density at radius 2 is 1.13 bits per heavy atom. The summed E-state index contributed by atoms with van der Waals surface area (Å²) in [5.74, 6) is 0. The van der Waals surface area contributed by atoms with Crippen LogP contribution < -0.4 is 0 Å². The molecule has 0 nitrogen and oxygen atoms in total. The lowest BCUT2D eigenvalue weighted by atomic mass is 10.3. The van der Waals surface area contributed by atoms with Gasteiger partial charge in [0, 0.05) is 0 Å². The third kappa shape index (κ3) is 4.04. The molecule has 0 saturated heterocycles. The van der Waals surface area contributed by atoms with E-state index in [1.54, 1.807) is 0 Å². The molecule has 2 atom stereocenters. The van der Waals surface area contributed by atoms with Crippen molar-refractivity contribution in [3.05, 3.63) is 0 Å². The van der Waals surface area contributed by atoms with Crippen molar-refractivity contribution in [3.63, 3.8) is 0 Å². The van der Waals surface area contributed by atoms with Crippen LogP contribution in [0.15, 0.2) is 0 Å². The van der Waals surface area contributed by atoms with Crippen LogP contribution in [0.2, 0.25) is 0 Å². The zero-order valence-electron chi connectivity index (χ0n) is 8.54. The van der Waals surface area contributed by atoms with E-state index in [1.807, 2.05) is 0 Å². The van der Waals surface area contributed by atoms with Crippen molar-refractivity contribution in [3.8, 4) is 0 Å². The Kier molecular flexibility index (Phi) is 5.15. The van der Waals surface area contributed by atoms with Crippen LogP contribution in [-0.4, -0.2) is 33.0 Å². The van der Waals surface area contributed by atoms with Crippen LogP contribution in [0, 0.1) is 0 Å². The highest BCUT2D eigenvalue weighted by Gasteiger charge is 2.52. The zero-order chi connectivity index (χ0) is 12.3. The summed E-state index contributed by atoms with van der Waals surface area (Å²) in [6, 6.07) is 0. The maximum atomic E-state index is 12.8. The fourth-order valence-corrected chi connectivity index (χ4v) is 2.78. The number of hydrogen-bond acceptors (Lipinski definition) is 0. The molecule has 0 aliphatic carbocycles. The second-order valence-electron chi connectivity index (χ2n) is 3.45. The zero-order valence-corrected chi connectivity index (χ0v) is 9.96. The molecule has 0 radical (unpaired) electrons. The Morgan fingerprint density at radius 3 is 1.33 bits per heavy atom. The largest absolute Gasteiger partial charge is 0.260 e. The van der Waals surface area contributed by atoms with Crippen molar-refractivity contribution < 1.29 is 26.3 Å². The highest BCUT2D eigenvalue weighted by atomic mass is 28.2. The Balaban J connectivity index is 4.56.